The highest BCUT2D eigenvalue weighted by atomic mass is 32.2. The number of hydrogen-bond donors (Lipinski definition) is 2. The van der Waals surface area contributed by atoms with Gasteiger partial charge < -0.3 is 10.6 Å². The van der Waals surface area contributed by atoms with Crippen LogP contribution in [-0.4, -0.2) is 34.1 Å². The summed E-state index contributed by atoms with van der Waals surface area (Å²) in [6.07, 6.45) is 4.97. The quantitative estimate of drug-likeness (QED) is 0.193. The summed E-state index contributed by atoms with van der Waals surface area (Å²) in [5.41, 5.74) is 3.68. The fourth-order valence-corrected chi connectivity index (χ4v) is 7.16. The maximum absolute atomic E-state index is 13.0. The normalized spacial score (nSPS) is 17.2. The van der Waals surface area contributed by atoms with Crippen LogP contribution in [0.15, 0.2) is 64.1 Å². The Kier molecular flexibility index (Phi) is 11.8. The third kappa shape index (κ3) is 9.09. The Labute approximate surface area is 266 Å². The van der Waals surface area contributed by atoms with Gasteiger partial charge in [0.05, 0.1) is 46.2 Å². The highest BCUT2D eigenvalue weighted by molar-refractivity contribution is 8.17. The maximum atomic E-state index is 13.0. The van der Waals surface area contributed by atoms with Crippen LogP contribution in [0.3, 0.4) is 0 Å². The molecule has 0 spiro atoms. The minimum atomic E-state index is -0.202. The molecule has 9 nitrogen and oxygen atoms in total. The van der Waals surface area contributed by atoms with Crippen LogP contribution in [0.25, 0.3) is 0 Å². The van der Waals surface area contributed by atoms with E-state index in [0.717, 1.165) is 63.9 Å². The van der Waals surface area contributed by atoms with E-state index in [1.54, 1.807) is 43.4 Å². The number of hydrogen-bond acceptors (Lipinski definition) is 9. The summed E-state index contributed by atoms with van der Waals surface area (Å²) in [7, 11) is 1.80. The topological polar surface area (TPSA) is 144 Å². The zero-order valence-electron chi connectivity index (χ0n) is 25.1. The van der Waals surface area contributed by atoms with E-state index in [1.807, 2.05) is 19.1 Å². The van der Waals surface area contributed by atoms with Gasteiger partial charge in [-0.25, -0.2) is 0 Å². The number of nitrogens with one attached hydrogen (secondary N) is 2. The molecule has 1 heterocycles. The number of amides is 2. The lowest BCUT2D eigenvalue weighted by molar-refractivity contribution is -0.119. The van der Waals surface area contributed by atoms with Crippen molar-refractivity contribution in [2.45, 2.75) is 64.7 Å². The van der Waals surface area contributed by atoms with Crippen LogP contribution in [-0.2, 0) is 22.4 Å². The van der Waals surface area contributed by atoms with Gasteiger partial charge in [-0.3, -0.25) is 14.6 Å². The first-order valence-corrected chi connectivity index (χ1v) is 16.2. The van der Waals surface area contributed by atoms with E-state index in [2.05, 4.69) is 44.9 Å². The minimum Gasteiger partial charge on any atom is -0.320 e. The molecule has 4 rings (SSSR count). The van der Waals surface area contributed by atoms with Crippen LogP contribution >= 0.6 is 23.1 Å². The number of carbonyl (C=O) groups is 2. The fraction of sp³-hybridized carbons (Fsp3) is 0.364. The predicted octanol–water partition coefficient (Wildman–Crippen LogP) is 6.50. The monoisotopic (exact) mass is 625 g/mol. The van der Waals surface area contributed by atoms with Crippen molar-refractivity contribution in [3.05, 3.63) is 86.4 Å². The zero-order valence-corrected chi connectivity index (χ0v) is 26.7. The maximum Gasteiger partial charge on any atom is 0.230 e. The van der Waals surface area contributed by atoms with Crippen molar-refractivity contribution in [1.82, 2.24) is 15.5 Å². The first-order valence-electron chi connectivity index (χ1n) is 14.6. The smallest absolute Gasteiger partial charge is 0.230 e. The molecule has 44 heavy (non-hydrogen) atoms. The first-order chi connectivity index (χ1) is 21.3. The first kappa shape index (κ1) is 32.6. The Morgan fingerprint density at radius 1 is 1.02 bits per heavy atom. The Hall–Kier alpha value is -4.32. The third-order valence-corrected chi connectivity index (χ3v) is 9.88. The van der Waals surface area contributed by atoms with Crippen LogP contribution in [0.5, 0.6) is 0 Å². The molecule has 2 aromatic carbocycles. The SMILES string of the molecule is CCC(C)=C(NC(=O)Cc1cccc(C#N)c1)SC(=NC)C1CCCC(c2nnc(NC(=O)Cc3cccc(C#N)c3)s2)C1. The zero-order chi connectivity index (χ0) is 31.5. The van der Waals surface area contributed by atoms with Gasteiger partial charge in [-0.2, -0.15) is 10.5 Å². The average Bonchev–Trinajstić information content (AvgIpc) is 3.51. The lowest BCUT2D eigenvalue weighted by Crippen LogP contribution is -2.27. The largest absolute Gasteiger partial charge is 0.320 e. The third-order valence-electron chi connectivity index (χ3n) is 7.50. The van der Waals surface area contributed by atoms with Gasteiger partial charge in [-0.15, -0.1) is 10.2 Å². The second-order valence-corrected chi connectivity index (χ2v) is 12.7. The summed E-state index contributed by atoms with van der Waals surface area (Å²) in [6, 6.07) is 18.3. The number of aromatic nitrogens is 2. The summed E-state index contributed by atoms with van der Waals surface area (Å²) in [5, 5.41) is 36.0. The van der Waals surface area contributed by atoms with Gasteiger partial charge in [0.25, 0.3) is 0 Å². The molecule has 2 atom stereocenters. The van der Waals surface area contributed by atoms with Crippen LogP contribution < -0.4 is 10.6 Å². The van der Waals surface area contributed by atoms with Gasteiger partial charge in [0, 0.05) is 18.9 Å². The van der Waals surface area contributed by atoms with Gasteiger partial charge >= 0.3 is 0 Å². The van der Waals surface area contributed by atoms with E-state index in [1.165, 1.54) is 23.1 Å². The lowest BCUT2D eigenvalue weighted by atomic mass is 9.82. The van der Waals surface area contributed by atoms with Crippen LogP contribution in [0, 0.1) is 28.6 Å². The molecule has 0 radical (unpaired) electrons. The summed E-state index contributed by atoms with van der Waals surface area (Å²) in [5.74, 6) is 0.0744. The summed E-state index contributed by atoms with van der Waals surface area (Å²) >= 11 is 2.93. The molecule has 2 unspecified atom stereocenters. The molecule has 3 aromatic rings. The van der Waals surface area contributed by atoms with E-state index >= 15 is 0 Å². The molecule has 0 saturated heterocycles. The highest BCUT2D eigenvalue weighted by Crippen LogP contribution is 2.41. The van der Waals surface area contributed by atoms with E-state index in [0.29, 0.717) is 16.3 Å². The van der Waals surface area contributed by atoms with Crippen molar-refractivity contribution in [2.24, 2.45) is 10.9 Å². The van der Waals surface area contributed by atoms with Gasteiger partial charge in [-0.05, 0) is 73.6 Å². The van der Waals surface area contributed by atoms with Crippen molar-refractivity contribution in [2.75, 3.05) is 12.4 Å². The van der Waals surface area contributed by atoms with Gasteiger partial charge in [-0.1, -0.05) is 60.7 Å². The summed E-state index contributed by atoms with van der Waals surface area (Å²) in [6.45, 7) is 4.08. The second kappa shape index (κ2) is 15.9. The molecule has 0 aliphatic heterocycles. The summed E-state index contributed by atoms with van der Waals surface area (Å²) in [4.78, 5) is 30.3. The molecule has 1 saturated carbocycles. The number of anilines is 1. The molecule has 11 heteroatoms. The molecule has 1 fully saturated rings. The predicted molar refractivity (Wildman–Crippen MR) is 175 cm³/mol. The van der Waals surface area contributed by atoms with Gasteiger partial charge in [0.15, 0.2) is 0 Å². The van der Waals surface area contributed by atoms with Gasteiger partial charge in [0.2, 0.25) is 16.9 Å². The Bertz CT molecular complexity index is 1650. The molecule has 0 bridgehead atoms. The molecular weight excluding hydrogens is 591 g/mol. The van der Waals surface area contributed by atoms with Crippen LogP contribution in [0.4, 0.5) is 5.13 Å². The van der Waals surface area contributed by atoms with E-state index in [9.17, 15) is 14.9 Å². The van der Waals surface area contributed by atoms with Crippen molar-refractivity contribution in [3.63, 3.8) is 0 Å². The van der Waals surface area contributed by atoms with Crippen LogP contribution in [0.2, 0.25) is 0 Å². The molecule has 1 aliphatic rings. The van der Waals surface area contributed by atoms with E-state index in [-0.39, 0.29) is 36.5 Å². The van der Waals surface area contributed by atoms with Crippen LogP contribution in [0.1, 0.15) is 79.1 Å². The number of nitriles is 2. The lowest BCUT2D eigenvalue weighted by Gasteiger charge is -2.29. The highest BCUT2D eigenvalue weighted by Gasteiger charge is 2.30. The fourth-order valence-electron chi connectivity index (χ4n) is 5.09. The van der Waals surface area contributed by atoms with Crippen molar-refractivity contribution in [3.8, 4) is 12.1 Å². The van der Waals surface area contributed by atoms with Crippen molar-refractivity contribution >= 4 is 45.1 Å². The number of allylic oxidation sites excluding steroid dienone is 1. The minimum absolute atomic E-state index is 0.131. The number of carbonyl (C=O) groups excluding carboxylic acids is 2. The Balaban J connectivity index is 1.37. The molecule has 2 N–H and O–H groups in total. The molecular formula is C33H35N7O2S2. The number of thioether (sulfide) groups is 1. The Morgan fingerprint density at radius 2 is 1.68 bits per heavy atom. The number of aliphatic imine (C=N–C) groups is 1. The van der Waals surface area contributed by atoms with Gasteiger partial charge in [0.1, 0.15) is 5.01 Å². The average molecular weight is 626 g/mol. The molecule has 2 amide bonds. The van der Waals surface area contributed by atoms with Crippen molar-refractivity contribution < 1.29 is 9.59 Å². The van der Waals surface area contributed by atoms with E-state index in [4.69, 9.17) is 5.26 Å². The number of nitrogens with zero attached hydrogens (tertiary/aromatic N) is 5. The summed E-state index contributed by atoms with van der Waals surface area (Å²) < 4.78 is 0. The second-order valence-electron chi connectivity index (χ2n) is 10.7. The number of rotatable bonds is 10. The molecule has 226 valence electrons. The molecule has 1 aromatic heterocycles. The molecule has 1 aliphatic carbocycles. The van der Waals surface area contributed by atoms with Crippen molar-refractivity contribution in [1.29, 1.82) is 10.5 Å². The number of benzene rings is 2. The Morgan fingerprint density at radius 3 is 2.30 bits per heavy atom. The van der Waals surface area contributed by atoms with E-state index < -0.39 is 0 Å². The standard InChI is InChI=1S/C33H35N7O2S2/c1-4-21(2)30(37-28(41)16-22-8-5-10-24(14-22)19-34)43-31(36-3)26-12-7-13-27(18-26)32-39-40-33(44-32)38-29(42)17-23-9-6-11-25(15-23)20-35/h5-6,8-11,14-15,26-27H,4,7,12-13,16-18H2,1-3H3,(H,37,41)(H,38,40,42).